The van der Waals surface area contributed by atoms with Crippen molar-refractivity contribution in [3.8, 4) is 22.8 Å². The van der Waals surface area contributed by atoms with Gasteiger partial charge in [-0.05, 0) is 25.1 Å². The number of carbonyl (C=O) groups excluding carboxylic acids is 1. The molecule has 0 bridgehead atoms. The summed E-state index contributed by atoms with van der Waals surface area (Å²) in [7, 11) is 3.59. The molecule has 0 fully saturated rings. The number of amides is 1. The Morgan fingerprint density at radius 2 is 1.96 bits per heavy atom. The van der Waals surface area contributed by atoms with Gasteiger partial charge in [0.05, 0.1) is 11.9 Å². The van der Waals surface area contributed by atoms with Crippen LogP contribution in [-0.2, 0) is 0 Å². The minimum atomic E-state index is -0.476. The predicted molar refractivity (Wildman–Crippen MR) is 103 cm³/mol. The van der Waals surface area contributed by atoms with Gasteiger partial charge in [-0.25, -0.2) is 0 Å². The fourth-order valence-corrected chi connectivity index (χ4v) is 2.81. The Kier molecular flexibility index (Phi) is 4.34. The summed E-state index contributed by atoms with van der Waals surface area (Å²) in [5, 5.41) is 4.02. The summed E-state index contributed by atoms with van der Waals surface area (Å²) in [4.78, 5) is 34.0. The van der Waals surface area contributed by atoms with Crippen LogP contribution >= 0.6 is 0 Å². The molecule has 1 aliphatic rings. The van der Waals surface area contributed by atoms with Gasteiger partial charge in [0.1, 0.15) is 24.6 Å². The molecular formula is C19H19N5O4. The summed E-state index contributed by atoms with van der Waals surface area (Å²) in [5.74, 6) is 1.35. The maximum Gasteiger partial charge on any atom is 0.284 e. The van der Waals surface area contributed by atoms with Gasteiger partial charge in [0.15, 0.2) is 17.1 Å². The number of nitrogens with zero attached hydrogens (tertiary/aromatic N) is 4. The Labute approximate surface area is 160 Å². The van der Waals surface area contributed by atoms with Crippen molar-refractivity contribution >= 4 is 17.4 Å². The third-order valence-corrected chi connectivity index (χ3v) is 4.49. The van der Waals surface area contributed by atoms with Gasteiger partial charge in [-0.1, -0.05) is 0 Å². The first kappa shape index (κ1) is 17.8. The maximum absolute atomic E-state index is 12.6. The molecule has 1 aromatic carbocycles. The number of aromatic nitrogens is 3. The average Bonchev–Trinajstić information content (AvgIpc) is 3.12. The Morgan fingerprint density at radius 3 is 2.71 bits per heavy atom. The van der Waals surface area contributed by atoms with Crippen LogP contribution in [0.3, 0.4) is 0 Å². The lowest BCUT2D eigenvalue weighted by molar-refractivity contribution is 0.100. The second kappa shape index (κ2) is 6.84. The van der Waals surface area contributed by atoms with Crippen molar-refractivity contribution in [3.05, 3.63) is 46.4 Å². The minimum absolute atomic E-state index is 0.220. The number of amidine groups is 1. The molecule has 144 valence electrons. The molecule has 1 aliphatic heterocycles. The highest BCUT2D eigenvalue weighted by atomic mass is 16.6. The molecule has 0 saturated heterocycles. The van der Waals surface area contributed by atoms with Crippen LogP contribution in [0, 0.1) is 0 Å². The number of fused-ring (bicyclic) bond motifs is 2. The monoisotopic (exact) mass is 381 g/mol. The first-order chi connectivity index (χ1) is 13.4. The summed E-state index contributed by atoms with van der Waals surface area (Å²) in [5.41, 5.74) is 1.43. The number of carbonyl (C=O) groups is 1. The molecule has 0 atom stereocenters. The number of aliphatic imine (C=N–C) groups is 1. The van der Waals surface area contributed by atoms with Crippen molar-refractivity contribution in [2.24, 2.45) is 4.99 Å². The second-order valence-electron chi connectivity index (χ2n) is 6.56. The van der Waals surface area contributed by atoms with Gasteiger partial charge in [0.2, 0.25) is 0 Å². The largest absolute Gasteiger partial charge is 0.486 e. The number of hydrogen-bond donors (Lipinski definition) is 1. The Morgan fingerprint density at radius 1 is 1.21 bits per heavy atom. The molecule has 4 rings (SSSR count). The summed E-state index contributed by atoms with van der Waals surface area (Å²) in [6.45, 7) is 2.70. The van der Waals surface area contributed by atoms with E-state index in [0.717, 1.165) is 10.1 Å². The minimum Gasteiger partial charge on any atom is -0.486 e. The maximum atomic E-state index is 12.6. The predicted octanol–water partition coefficient (Wildman–Crippen LogP) is 1.58. The molecule has 1 amide bonds. The molecule has 0 unspecified atom stereocenters. The molecule has 0 radical (unpaired) electrons. The van der Waals surface area contributed by atoms with Crippen molar-refractivity contribution < 1.29 is 14.3 Å². The number of ether oxygens (including phenoxy) is 2. The Bertz CT molecular complexity index is 1160. The van der Waals surface area contributed by atoms with E-state index in [2.05, 4.69) is 15.1 Å². The van der Waals surface area contributed by atoms with Crippen LogP contribution in [0.1, 0.15) is 17.3 Å². The van der Waals surface area contributed by atoms with Crippen molar-refractivity contribution in [1.82, 2.24) is 19.5 Å². The number of H-pyrrole nitrogens is 1. The van der Waals surface area contributed by atoms with Crippen LogP contribution in [-0.4, -0.2) is 58.5 Å². The molecule has 1 N–H and O–H groups in total. The second-order valence-corrected chi connectivity index (χ2v) is 6.56. The number of benzene rings is 1. The van der Waals surface area contributed by atoms with Gasteiger partial charge in [0, 0.05) is 25.7 Å². The summed E-state index contributed by atoms with van der Waals surface area (Å²) in [6, 6.07) is 6.83. The van der Waals surface area contributed by atoms with Gasteiger partial charge in [-0.15, -0.1) is 0 Å². The van der Waals surface area contributed by atoms with Crippen molar-refractivity contribution in [2.45, 2.75) is 6.92 Å². The first-order valence-electron chi connectivity index (χ1n) is 8.72. The van der Waals surface area contributed by atoms with E-state index < -0.39 is 5.91 Å². The smallest absolute Gasteiger partial charge is 0.284 e. The first-order valence-corrected chi connectivity index (χ1v) is 8.72. The van der Waals surface area contributed by atoms with Crippen molar-refractivity contribution in [1.29, 1.82) is 0 Å². The van der Waals surface area contributed by atoms with Gasteiger partial charge in [-0.3, -0.25) is 9.59 Å². The van der Waals surface area contributed by atoms with E-state index in [-0.39, 0.29) is 16.8 Å². The fraction of sp³-hybridized carbons (Fsp3) is 0.263. The third kappa shape index (κ3) is 3.11. The third-order valence-electron chi connectivity index (χ3n) is 4.49. The molecule has 9 heteroatoms. The molecule has 28 heavy (non-hydrogen) atoms. The van der Waals surface area contributed by atoms with E-state index >= 15 is 0 Å². The molecule has 0 saturated carbocycles. The molecule has 0 spiro atoms. The lowest BCUT2D eigenvalue weighted by Gasteiger charge is -2.18. The van der Waals surface area contributed by atoms with E-state index in [4.69, 9.17) is 9.47 Å². The van der Waals surface area contributed by atoms with E-state index in [1.807, 2.05) is 6.07 Å². The Hall–Kier alpha value is -3.62. The fourth-order valence-electron chi connectivity index (χ4n) is 2.81. The summed E-state index contributed by atoms with van der Waals surface area (Å²) in [6.07, 6.45) is 1.34. The molecule has 2 aromatic heterocycles. The lowest BCUT2D eigenvalue weighted by Crippen LogP contribution is -2.20. The zero-order valence-corrected chi connectivity index (χ0v) is 15.7. The van der Waals surface area contributed by atoms with Gasteiger partial charge in [-0.2, -0.15) is 14.6 Å². The zero-order valence-electron chi connectivity index (χ0n) is 15.7. The van der Waals surface area contributed by atoms with Gasteiger partial charge < -0.3 is 19.4 Å². The Balaban J connectivity index is 1.81. The van der Waals surface area contributed by atoms with Crippen molar-refractivity contribution in [2.75, 3.05) is 27.3 Å². The molecule has 3 heterocycles. The average molecular weight is 381 g/mol. The summed E-state index contributed by atoms with van der Waals surface area (Å²) < 4.78 is 12.3. The number of hydrogen-bond acceptors (Lipinski definition) is 5. The van der Waals surface area contributed by atoms with Crippen molar-refractivity contribution in [3.63, 3.8) is 0 Å². The molecule has 0 aliphatic carbocycles. The van der Waals surface area contributed by atoms with E-state index in [1.54, 1.807) is 38.1 Å². The normalized spacial score (nSPS) is 13.6. The van der Waals surface area contributed by atoms with Crippen LogP contribution < -0.4 is 15.0 Å². The van der Waals surface area contributed by atoms with Gasteiger partial charge in [0.25, 0.3) is 11.5 Å². The standard InChI is InChI=1S/C19H19N5O4/c1-11(23(2)3)21-19(26)13-10-20-24-17(25)9-14(22-18(13)24)12-4-5-15-16(8-12)28-7-6-27-15/h4-5,8-10,22H,6-7H2,1-3H3/b21-11+. The molecular weight excluding hydrogens is 362 g/mol. The molecule has 9 nitrogen and oxygen atoms in total. The number of aromatic amines is 1. The SMILES string of the molecule is C/C(=N\C(=O)c1cnn2c(=O)cc(-c3ccc4c(c3)OCCO4)[nH]c12)N(C)C. The van der Waals surface area contributed by atoms with Crippen LogP contribution in [0.15, 0.2) is 40.2 Å². The number of rotatable bonds is 2. The van der Waals surface area contributed by atoms with Crippen LogP contribution in [0.2, 0.25) is 0 Å². The van der Waals surface area contributed by atoms with Crippen LogP contribution in [0.25, 0.3) is 16.9 Å². The highest BCUT2D eigenvalue weighted by molar-refractivity contribution is 6.06. The van der Waals surface area contributed by atoms with Crippen LogP contribution in [0.4, 0.5) is 0 Å². The molecule has 3 aromatic rings. The lowest BCUT2D eigenvalue weighted by atomic mass is 10.1. The van der Waals surface area contributed by atoms with Gasteiger partial charge >= 0.3 is 0 Å². The van der Waals surface area contributed by atoms with E-state index in [0.29, 0.717) is 36.2 Å². The topological polar surface area (TPSA) is 101 Å². The highest BCUT2D eigenvalue weighted by Gasteiger charge is 2.18. The zero-order chi connectivity index (χ0) is 19.8. The van der Waals surface area contributed by atoms with E-state index in [1.165, 1.54) is 12.3 Å². The number of nitrogens with one attached hydrogen (secondary N) is 1. The summed E-state index contributed by atoms with van der Waals surface area (Å²) >= 11 is 0. The quantitative estimate of drug-likeness (QED) is 0.534. The van der Waals surface area contributed by atoms with Crippen LogP contribution in [0.5, 0.6) is 11.5 Å². The highest BCUT2D eigenvalue weighted by Crippen LogP contribution is 2.33. The van der Waals surface area contributed by atoms with E-state index in [9.17, 15) is 9.59 Å².